The zero-order valence-electron chi connectivity index (χ0n) is 11.6. The van der Waals surface area contributed by atoms with Crippen molar-refractivity contribution >= 4 is 27.4 Å². The molecular weight excluding hydrogens is 272 g/mol. The Labute approximate surface area is 120 Å². The van der Waals surface area contributed by atoms with Crippen molar-refractivity contribution in [2.75, 3.05) is 5.32 Å². The summed E-state index contributed by atoms with van der Waals surface area (Å²) in [6, 6.07) is 2.04. The molecule has 3 rings (SSSR count). The molecule has 104 valence electrons. The molecule has 0 radical (unpaired) electrons. The minimum absolute atomic E-state index is 0.0120. The van der Waals surface area contributed by atoms with Gasteiger partial charge in [0.05, 0.1) is 11.4 Å². The standard InChI is InChI=1S/C13H16N6S/c1-7(2)10(12-16-8(3)18-19-12)17-11-9-4-5-20-13(9)15-6-14-11/h4-7,10H,1-3H3,(H,14,15,17)(H,16,18,19). The van der Waals surface area contributed by atoms with Crippen LogP contribution in [0, 0.1) is 12.8 Å². The van der Waals surface area contributed by atoms with E-state index >= 15 is 0 Å². The molecule has 20 heavy (non-hydrogen) atoms. The molecule has 1 unspecified atom stereocenters. The summed E-state index contributed by atoms with van der Waals surface area (Å²) in [6.45, 7) is 6.17. The predicted octanol–water partition coefficient (Wildman–Crippen LogP) is 2.93. The van der Waals surface area contributed by atoms with Crippen molar-refractivity contribution < 1.29 is 0 Å². The molecule has 1 atom stereocenters. The van der Waals surface area contributed by atoms with Gasteiger partial charge in [-0.2, -0.15) is 5.10 Å². The molecule has 3 heterocycles. The SMILES string of the molecule is Cc1nc(C(Nc2ncnc3sccc23)C(C)C)n[nH]1. The van der Waals surface area contributed by atoms with E-state index in [1.807, 2.05) is 18.4 Å². The molecule has 7 heteroatoms. The van der Waals surface area contributed by atoms with Crippen LogP contribution in [0.25, 0.3) is 10.2 Å². The van der Waals surface area contributed by atoms with Gasteiger partial charge in [0.2, 0.25) is 0 Å². The van der Waals surface area contributed by atoms with Crippen LogP contribution in [0.1, 0.15) is 31.5 Å². The first-order valence-electron chi connectivity index (χ1n) is 6.49. The molecule has 0 aliphatic rings. The number of hydrogen-bond acceptors (Lipinski definition) is 6. The quantitative estimate of drug-likeness (QED) is 0.771. The maximum Gasteiger partial charge on any atom is 0.173 e. The second-order valence-corrected chi connectivity index (χ2v) is 5.90. The highest BCUT2D eigenvalue weighted by atomic mass is 32.1. The molecule has 3 aromatic rings. The summed E-state index contributed by atoms with van der Waals surface area (Å²) in [5.74, 6) is 2.75. The van der Waals surface area contributed by atoms with E-state index < -0.39 is 0 Å². The fraction of sp³-hybridized carbons (Fsp3) is 0.385. The van der Waals surface area contributed by atoms with E-state index in [9.17, 15) is 0 Å². The molecule has 2 N–H and O–H groups in total. The zero-order valence-corrected chi connectivity index (χ0v) is 12.4. The molecule has 3 aromatic heterocycles. The minimum atomic E-state index is 0.0120. The Bertz CT molecular complexity index is 716. The summed E-state index contributed by atoms with van der Waals surface area (Å²) in [5, 5.41) is 13.7. The van der Waals surface area contributed by atoms with E-state index in [-0.39, 0.29) is 6.04 Å². The number of aryl methyl sites for hydroxylation is 1. The van der Waals surface area contributed by atoms with E-state index in [0.29, 0.717) is 5.92 Å². The van der Waals surface area contributed by atoms with Gasteiger partial charge in [0, 0.05) is 0 Å². The van der Waals surface area contributed by atoms with Crippen LogP contribution >= 0.6 is 11.3 Å². The third-order valence-electron chi connectivity index (χ3n) is 3.11. The summed E-state index contributed by atoms with van der Waals surface area (Å²) in [7, 11) is 0. The highest BCUT2D eigenvalue weighted by molar-refractivity contribution is 7.16. The van der Waals surface area contributed by atoms with Crippen molar-refractivity contribution in [2.24, 2.45) is 5.92 Å². The molecule has 0 aliphatic carbocycles. The average Bonchev–Trinajstić information content (AvgIpc) is 3.04. The normalized spacial score (nSPS) is 13.0. The second-order valence-electron chi connectivity index (χ2n) is 5.01. The van der Waals surface area contributed by atoms with Gasteiger partial charge in [-0.05, 0) is 24.3 Å². The predicted molar refractivity (Wildman–Crippen MR) is 79.7 cm³/mol. The molecule has 0 saturated heterocycles. The van der Waals surface area contributed by atoms with Gasteiger partial charge in [-0.1, -0.05) is 13.8 Å². The van der Waals surface area contributed by atoms with Crippen LogP contribution in [0.5, 0.6) is 0 Å². The van der Waals surface area contributed by atoms with E-state index in [2.05, 4.69) is 44.3 Å². The van der Waals surface area contributed by atoms with Gasteiger partial charge >= 0.3 is 0 Å². The monoisotopic (exact) mass is 288 g/mol. The van der Waals surface area contributed by atoms with Crippen LogP contribution in [-0.4, -0.2) is 25.1 Å². The Balaban J connectivity index is 1.96. The lowest BCUT2D eigenvalue weighted by Gasteiger charge is -2.20. The summed E-state index contributed by atoms with van der Waals surface area (Å²) in [4.78, 5) is 14.0. The first-order valence-corrected chi connectivity index (χ1v) is 7.36. The number of aromatic nitrogens is 5. The zero-order chi connectivity index (χ0) is 14.1. The Morgan fingerprint density at radius 3 is 2.85 bits per heavy atom. The van der Waals surface area contributed by atoms with E-state index in [4.69, 9.17) is 0 Å². The van der Waals surface area contributed by atoms with Crippen LogP contribution in [0.2, 0.25) is 0 Å². The number of hydrogen-bond donors (Lipinski definition) is 2. The smallest absolute Gasteiger partial charge is 0.173 e. The topological polar surface area (TPSA) is 79.4 Å². The lowest BCUT2D eigenvalue weighted by atomic mass is 10.0. The van der Waals surface area contributed by atoms with Gasteiger partial charge in [0.15, 0.2) is 5.82 Å². The molecule has 0 saturated carbocycles. The fourth-order valence-electron chi connectivity index (χ4n) is 2.08. The van der Waals surface area contributed by atoms with Gasteiger partial charge in [-0.25, -0.2) is 15.0 Å². The Hall–Kier alpha value is -2.02. The lowest BCUT2D eigenvalue weighted by Crippen LogP contribution is -2.19. The van der Waals surface area contributed by atoms with E-state index in [0.717, 1.165) is 27.7 Å². The van der Waals surface area contributed by atoms with Crippen LogP contribution in [0.15, 0.2) is 17.8 Å². The van der Waals surface area contributed by atoms with Crippen LogP contribution in [-0.2, 0) is 0 Å². The van der Waals surface area contributed by atoms with Crippen molar-refractivity contribution in [3.05, 3.63) is 29.4 Å². The van der Waals surface area contributed by atoms with Gasteiger partial charge < -0.3 is 5.32 Å². The average molecular weight is 288 g/mol. The van der Waals surface area contributed by atoms with E-state index in [1.165, 1.54) is 0 Å². The number of H-pyrrole nitrogens is 1. The summed E-state index contributed by atoms with van der Waals surface area (Å²) in [5.41, 5.74) is 0. The first-order chi connectivity index (χ1) is 9.65. The number of aromatic amines is 1. The van der Waals surface area contributed by atoms with Gasteiger partial charge in [0.25, 0.3) is 0 Å². The van der Waals surface area contributed by atoms with Crippen molar-refractivity contribution in [3.63, 3.8) is 0 Å². The summed E-state index contributed by atoms with van der Waals surface area (Å²) in [6.07, 6.45) is 1.59. The van der Waals surface area contributed by atoms with E-state index in [1.54, 1.807) is 17.7 Å². The van der Waals surface area contributed by atoms with Gasteiger partial charge in [-0.15, -0.1) is 11.3 Å². The molecular formula is C13H16N6S. The third kappa shape index (κ3) is 2.36. The maximum atomic E-state index is 4.43. The lowest BCUT2D eigenvalue weighted by molar-refractivity contribution is 0.522. The number of nitrogens with one attached hydrogen (secondary N) is 2. The van der Waals surface area contributed by atoms with Crippen LogP contribution < -0.4 is 5.32 Å². The van der Waals surface area contributed by atoms with Crippen molar-refractivity contribution in [3.8, 4) is 0 Å². The number of thiophene rings is 1. The first kappa shape index (κ1) is 13.0. The molecule has 0 fully saturated rings. The number of anilines is 1. The number of nitrogens with zero attached hydrogens (tertiary/aromatic N) is 4. The molecule has 0 amide bonds. The maximum absolute atomic E-state index is 4.43. The molecule has 0 aliphatic heterocycles. The molecule has 0 aromatic carbocycles. The molecule has 0 bridgehead atoms. The fourth-order valence-corrected chi connectivity index (χ4v) is 2.81. The van der Waals surface area contributed by atoms with Gasteiger partial charge in [0.1, 0.15) is 22.8 Å². The summed E-state index contributed by atoms with van der Waals surface area (Å²) < 4.78 is 0. The second kappa shape index (κ2) is 5.16. The van der Waals surface area contributed by atoms with Gasteiger partial charge in [-0.3, -0.25) is 5.10 Å². The van der Waals surface area contributed by atoms with Crippen LogP contribution in [0.4, 0.5) is 5.82 Å². The summed E-state index contributed by atoms with van der Waals surface area (Å²) >= 11 is 1.61. The minimum Gasteiger partial charge on any atom is -0.359 e. The van der Waals surface area contributed by atoms with Crippen LogP contribution in [0.3, 0.4) is 0 Å². The largest absolute Gasteiger partial charge is 0.359 e. The van der Waals surface area contributed by atoms with Crippen molar-refractivity contribution in [2.45, 2.75) is 26.8 Å². The van der Waals surface area contributed by atoms with Crippen molar-refractivity contribution in [1.82, 2.24) is 25.1 Å². The molecule has 0 spiro atoms. The Morgan fingerprint density at radius 1 is 1.30 bits per heavy atom. The van der Waals surface area contributed by atoms with Crippen molar-refractivity contribution in [1.29, 1.82) is 0 Å². The Morgan fingerprint density at radius 2 is 2.15 bits per heavy atom. The number of fused-ring (bicyclic) bond motifs is 1. The highest BCUT2D eigenvalue weighted by Crippen LogP contribution is 2.29. The Kier molecular flexibility index (Phi) is 3.35. The third-order valence-corrected chi connectivity index (χ3v) is 3.93. The number of rotatable bonds is 4. The highest BCUT2D eigenvalue weighted by Gasteiger charge is 2.21. The molecule has 6 nitrogen and oxygen atoms in total.